The van der Waals surface area contributed by atoms with Gasteiger partial charge in [0.05, 0.1) is 5.75 Å². The molecule has 0 aliphatic carbocycles. The second kappa shape index (κ2) is 8.49. The molecule has 2 rings (SSSR count). The predicted octanol–water partition coefficient (Wildman–Crippen LogP) is 2.53. The van der Waals surface area contributed by atoms with Gasteiger partial charge in [0.1, 0.15) is 6.04 Å². The van der Waals surface area contributed by atoms with E-state index in [0.29, 0.717) is 5.56 Å². The van der Waals surface area contributed by atoms with Crippen molar-refractivity contribution in [2.24, 2.45) is 5.10 Å². The topological polar surface area (TPSA) is 92.7 Å². The number of nitrogens with one attached hydrogen (secondary N) is 1. The zero-order chi connectivity index (χ0) is 20.0. The van der Waals surface area contributed by atoms with E-state index in [4.69, 9.17) is 0 Å². The van der Waals surface area contributed by atoms with Crippen LogP contribution in [0.1, 0.15) is 12.0 Å². The minimum Gasteiger partial charge on any atom is -0.296 e. The molecule has 0 amide bonds. The highest BCUT2D eigenvalue weighted by Gasteiger charge is 2.45. The number of hydrazone groups is 1. The van der Waals surface area contributed by atoms with Gasteiger partial charge in [-0.3, -0.25) is 5.43 Å². The van der Waals surface area contributed by atoms with E-state index in [9.17, 15) is 30.0 Å². The van der Waals surface area contributed by atoms with Crippen molar-refractivity contribution < 1.29 is 30.0 Å². The zero-order valence-electron chi connectivity index (χ0n) is 13.5. The fourth-order valence-electron chi connectivity index (χ4n) is 1.75. The zero-order valence-corrected chi connectivity index (χ0v) is 15.1. The number of halogens is 3. The molecule has 0 spiro atoms. The van der Waals surface area contributed by atoms with Gasteiger partial charge >= 0.3 is 6.18 Å². The van der Waals surface area contributed by atoms with Gasteiger partial charge in [-0.15, -0.1) is 0 Å². The number of sulfone groups is 2. The molecule has 1 aliphatic heterocycles. The molecule has 1 heterocycles. The summed E-state index contributed by atoms with van der Waals surface area (Å²) in [5.41, 5.74) is 2.34. The average Bonchev–Trinajstić information content (AvgIpc) is 3.07. The Morgan fingerprint density at radius 3 is 2.04 bits per heavy atom. The van der Waals surface area contributed by atoms with E-state index in [0.717, 1.165) is 10.8 Å². The quantitative estimate of drug-likeness (QED) is 0.824. The number of hydrogen-bond donors (Lipinski definition) is 1. The van der Waals surface area contributed by atoms with E-state index in [2.05, 4.69) is 18.3 Å². The van der Waals surface area contributed by atoms with Crippen LogP contribution in [0, 0.1) is 0 Å². The molecule has 26 heavy (non-hydrogen) atoms. The normalized spacial score (nSPS) is 17.3. The smallest absolute Gasteiger partial charge is 0.296 e. The second-order valence-electron chi connectivity index (χ2n) is 5.10. The summed E-state index contributed by atoms with van der Waals surface area (Å²) in [6.07, 6.45) is -5.16. The lowest BCUT2D eigenvalue weighted by Gasteiger charge is -2.13. The summed E-state index contributed by atoms with van der Waals surface area (Å²) < 4.78 is 81.4. The largest absolute Gasteiger partial charge is 0.410 e. The minimum absolute atomic E-state index is 0.348. The van der Waals surface area contributed by atoms with Crippen molar-refractivity contribution in [2.75, 3.05) is 0 Å². The molecular formula is C15H17F3N2O4S2. The molecular weight excluding hydrogens is 393 g/mol. The maximum atomic E-state index is 12.4. The molecule has 6 nitrogen and oxygen atoms in total. The van der Waals surface area contributed by atoms with Crippen LogP contribution >= 0.6 is 0 Å². The Bertz CT molecular complexity index is 863. The first-order valence-corrected chi connectivity index (χ1v) is 10.3. The Balaban J connectivity index is 0.000000412. The summed E-state index contributed by atoms with van der Waals surface area (Å²) >= 11 is 0. The van der Waals surface area contributed by atoms with Crippen LogP contribution in [0.3, 0.4) is 0 Å². The van der Waals surface area contributed by atoms with Gasteiger partial charge in [0.2, 0.25) is 0 Å². The van der Waals surface area contributed by atoms with Crippen LogP contribution in [-0.2, 0) is 25.4 Å². The molecule has 0 saturated heterocycles. The van der Waals surface area contributed by atoms with E-state index in [1.807, 2.05) is 5.43 Å². The Kier molecular flexibility index (Phi) is 7.16. The molecule has 0 aromatic heterocycles. The van der Waals surface area contributed by atoms with Crippen molar-refractivity contribution in [1.82, 2.24) is 5.43 Å². The van der Waals surface area contributed by atoms with Gasteiger partial charge in [-0.05, 0) is 5.56 Å². The second-order valence-corrected chi connectivity index (χ2v) is 8.93. The van der Waals surface area contributed by atoms with E-state index in [1.165, 1.54) is 0 Å². The van der Waals surface area contributed by atoms with E-state index in [-0.39, 0.29) is 5.75 Å². The van der Waals surface area contributed by atoms with Gasteiger partial charge < -0.3 is 0 Å². The first-order chi connectivity index (χ1) is 11.9. The lowest BCUT2D eigenvalue weighted by atomic mass is 10.2. The number of hydrogen-bond acceptors (Lipinski definition) is 6. The van der Waals surface area contributed by atoms with Crippen LogP contribution in [0.15, 0.2) is 59.4 Å². The fourth-order valence-corrected chi connectivity index (χ4v) is 3.29. The van der Waals surface area contributed by atoms with Gasteiger partial charge in [-0.1, -0.05) is 43.5 Å². The molecule has 144 valence electrons. The van der Waals surface area contributed by atoms with Gasteiger partial charge in [-0.2, -0.15) is 18.3 Å². The van der Waals surface area contributed by atoms with Crippen LogP contribution in [0.25, 0.3) is 0 Å². The summed E-state index contributed by atoms with van der Waals surface area (Å²) in [6.45, 7) is 6.09. The first kappa shape index (κ1) is 21.9. The highest BCUT2D eigenvalue weighted by molar-refractivity contribution is 8.05. The number of rotatable bonds is 4. The monoisotopic (exact) mass is 410 g/mol. The third kappa shape index (κ3) is 6.64. The number of nitrogens with zero attached hydrogens (tertiary/aromatic N) is 1. The van der Waals surface area contributed by atoms with Crippen LogP contribution in [0.4, 0.5) is 13.2 Å². The molecule has 11 heteroatoms. The fraction of sp³-hybridized carbons (Fsp3) is 0.267. The van der Waals surface area contributed by atoms with Gasteiger partial charge in [0.25, 0.3) is 0 Å². The highest BCUT2D eigenvalue weighted by atomic mass is 32.2. The van der Waals surface area contributed by atoms with Crippen molar-refractivity contribution in [1.29, 1.82) is 0 Å². The Hall–Kier alpha value is -2.14. The third-order valence-corrected chi connectivity index (χ3v) is 5.76. The van der Waals surface area contributed by atoms with E-state index >= 15 is 0 Å². The first-order valence-electron chi connectivity index (χ1n) is 7.06. The molecule has 0 bridgehead atoms. The summed E-state index contributed by atoms with van der Waals surface area (Å²) in [5, 5.41) is 4.56. The third-order valence-electron chi connectivity index (χ3n) is 3.14. The SMILES string of the molecule is C=CS(=O)(=O)C=C.O=S(=O)(Cc1ccccc1)C1=NNC(C(F)(F)F)C1. The highest BCUT2D eigenvalue weighted by Crippen LogP contribution is 2.27. The lowest BCUT2D eigenvalue weighted by molar-refractivity contribution is -0.151. The Morgan fingerprint density at radius 1 is 1.12 bits per heavy atom. The average molecular weight is 410 g/mol. The van der Waals surface area contributed by atoms with Crippen molar-refractivity contribution in [3.63, 3.8) is 0 Å². The minimum atomic E-state index is -4.51. The number of benzene rings is 1. The summed E-state index contributed by atoms with van der Waals surface area (Å²) in [7, 11) is -6.95. The molecule has 1 atom stereocenters. The van der Waals surface area contributed by atoms with Gasteiger partial charge in [-0.25, -0.2) is 16.8 Å². The van der Waals surface area contributed by atoms with Gasteiger partial charge in [0, 0.05) is 17.2 Å². The predicted molar refractivity (Wildman–Crippen MR) is 93.4 cm³/mol. The van der Waals surface area contributed by atoms with E-state index < -0.39 is 43.4 Å². The maximum Gasteiger partial charge on any atom is 0.410 e. The Morgan fingerprint density at radius 2 is 1.65 bits per heavy atom. The van der Waals surface area contributed by atoms with Crippen LogP contribution in [0.2, 0.25) is 0 Å². The molecule has 1 aromatic rings. The Labute approximate surface area is 149 Å². The van der Waals surface area contributed by atoms with Crippen LogP contribution in [-0.4, -0.2) is 34.1 Å². The summed E-state index contributed by atoms with van der Waals surface area (Å²) in [6, 6.07) is 6.33. The molecule has 1 unspecified atom stereocenters. The summed E-state index contributed by atoms with van der Waals surface area (Å²) in [4.78, 5) is 0. The molecule has 1 aliphatic rings. The van der Waals surface area contributed by atoms with Crippen molar-refractivity contribution in [3.05, 3.63) is 59.9 Å². The lowest BCUT2D eigenvalue weighted by Crippen LogP contribution is -2.36. The van der Waals surface area contributed by atoms with E-state index in [1.54, 1.807) is 30.3 Å². The molecule has 0 fully saturated rings. The molecule has 0 radical (unpaired) electrons. The number of alkyl halides is 3. The standard InChI is InChI=1S/C11H11F3N2O2S.C4H6O2S/c12-11(13,14)9-6-10(16-15-9)19(17,18)7-8-4-2-1-3-5-8;1-3-7(5,6)4-2/h1-5,9,15H,6-7H2;3-4H,1-2H2. The maximum absolute atomic E-state index is 12.4. The summed E-state index contributed by atoms with van der Waals surface area (Å²) in [5.74, 6) is -0.348. The van der Waals surface area contributed by atoms with Crippen LogP contribution in [0.5, 0.6) is 0 Å². The van der Waals surface area contributed by atoms with Crippen molar-refractivity contribution >= 4 is 24.7 Å². The van der Waals surface area contributed by atoms with Crippen molar-refractivity contribution in [2.45, 2.75) is 24.4 Å². The van der Waals surface area contributed by atoms with Gasteiger partial charge in [0.15, 0.2) is 24.7 Å². The van der Waals surface area contributed by atoms with Crippen LogP contribution < -0.4 is 5.43 Å². The molecule has 0 saturated carbocycles. The molecule has 1 N–H and O–H groups in total. The van der Waals surface area contributed by atoms with Crippen molar-refractivity contribution in [3.8, 4) is 0 Å². The molecule has 1 aromatic carbocycles.